The Morgan fingerprint density at radius 1 is 1.00 bits per heavy atom. The summed E-state index contributed by atoms with van der Waals surface area (Å²) < 4.78 is 10.2. The van der Waals surface area contributed by atoms with Gasteiger partial charge in [0.25, 0.3) is 0 Å². The van der Waals surface area contributed by atoms with Crippen molar-refractivity contribution in [3.8, 4) is 11.5 Å². The summed E-state index contributed by atoms with van der Waals surface area (Å²) in [6.45, 7) is 3.67. The van der Waals surface area contributed by atoms with Crippen LogP contribution in [0.1, 0.15) is 5.56 Å². The van der Waals surface area contributed by atoms with Gasteiger partial charge in [-0.2, -0.15) is 0 Å². The van der Waals surface area contributed by atoms with E-state index in [9.17, 15) is 0 Å². The van der Waals surface area contributed by atoms with E-state index in [0.29, 0.717) is 0 Å². The summed E-state index contributed by atoms with van der Waals surface area (Å²) in [5.74, 6) is 1.47. The highest BCUT2D eigenvalue weighted by Crippen LogP contribution is 2.27. The van der Waals surface area contributed by atoms with Crippen molar-refractivity contribution in [2.24, 2.45) is 0 Å². The standard InChI is InChI=1S/C10H12O2.C6H5/c1-4-8-5-6-9(11-2)10(7-8)12-3;1-2-4-6-5-3-1/h4-7H,1H2,2-3H3;1-5H. The van der Waals surface area contributed by atoms with Crippen LogP contribution in [0.2, 0.25) is 0 Å². The van der Waals surface area contributed by atoms with Gasteiger partial charge in [-0.05, 0) is 23.8 Å². The molecule has 2 nitrogen and oxygen atoms in total. The zero-order valence-electron chi connectivity index (χ0n) is 10.7. The Labute approximate surface area is 108 Å². The Bertz CT molecular complexity index is 437. The molecular formula is C16H17O2. The van der Waals surface area contributed by atoms with Crippen LogP contribution in [0.15, 0.2) is 55.1 Å². The molecule has 0 aliphatic rings. The normalized spacial score (nSPS) is 8.78. The number of methoxy groups -OCH3 is 2. The van der Waals surface area contributed by atoms with Gasteiger partial charge in [-0.25, -0.2) is 0 Å². The second kappa shape index (κ2) is 7.96. The van der Waals surface area contributed by atoms with E-state index in [0.717, 1.165) is 17.1 Å². The van der Waals surface area contributed by atoms with E-state index in [1.165, 1.54) is 0 Å². The lowest BCUT2D eigenvalue weighted by Crippen LogP contribution is -1.90. The van der Waals surface area contributed by atoms with Crippen LogP contribution in [0.4, 0.5) is 0 Å². The minimum atomic E-state index is 0.731. The fourth-order valence-corrected chi connectivity index (χ4v) is 1.32. The Morgan fingerprint density at radius 3 is 2.06 bits per heavy atom. The Kier molecular flexibility index (Phi) is 6.12. The van der Waals surface area contributed by atoms with E-state index >= 15 is 0 Å². The van der Waals surface area contributed by atoms with Gasteiger partial charge in [-0.3, -0.25) is 0 Å². The van der Waals surface area contributed by atoms with Gasteiger partial charge in [0.15, 0.2) is 11.5 Å². The van der Waals surface area contributed by atoms with Crippen LogP contribution in [-0.4, -0.2) is 14.2 Å². The van der Waals surface area contributed by atoms with Crippen molar-refractivity contribution in [1.29, 1.82) is 0 Å². The van der Waals surface area contributed by atoms with E-state index in [1.54, 1.807) is 20.3 Å². The summed E-state index contributed by atoms with van der Waals surface area (Å²) >= 11 is 0. The van der Waals surface area contributed by atoms with E-state index < -0.39 is 0 Å². The van der Waals surface area contributed by atoms with E-state index in [-0.39, 0.29) is 0 Å². The molecule has 0 amide bonds. The van der Waals surface area contributed by atoms with Crippen molar-refractivity contribution >= 4 is 6.08 Å². The molecule has 0 saturated heterocycles. The van der Waals surface area contributed by atoms with Gasteiger partial charge in [-0.1, -0.05) is 49.1 Å². The maximum atomic E-state index is 5.11. The summed E-state index contributed by atoms with van der Waals surface area (Å²) in [7, 11) is 3.23. The fraction of sp³-hybridized carbons (Fsp3) is 0.125. The molecule has 0 aromatic heterocycles. The van der Waals surface area contributed by atoms with Crippen LogP contribution < -0.4 is 9.47 Å². The molecule has 0 bridgehead atoms. The summed E-state index contributed by atoms with van der Waals surface area (Å²) in [6.07, 6.45) is 1.77. The van der Waals surface area contributed by atoms with Gasteiger partial charge in [0, 0.05) is 0 Å². The van der Waals surface area contributed by atoms with Crippen LogP contribution in [0.5, 0.6) is 11.5 Å². The van der Waals surface area contributed by atoms with Crippen molar-refractivity contribution < 1.29 is 9.47 Å². The molecule has 0 heterocycles. The monoisotopic (exact) mass is 241 g/mol. The van der Waals surface area contributed by atoms with Crippen molar-refractivity contribution in [3.05, 3.63) is 66.7 Å². The van der Waals surface area contributed by atoms with Crippen LogP contribution >= 0.6 is 0 Å². The van der Waals surface area contributed by atoms with Crippen molar-refractivity contribution in [3.63, 3.8) is 0 Å². The molecule has 0 spiro atoms. The van der Waals surface area contributed by atoms with Crippen LogP contribution in [0.3, 0.4) is 0 Å². The third kappa shape index (κ3) is 4.34. The zero-order chi connectivity index (χ0) is 13.2. The number of hydrogen-bond acceptors (Lipinski definition) is 2. The third-order valence-electron chi connectivity index (χ3n) is 2.25. The predicted octanol–water partition coefficient (Wildman–Crippen LogP) is 3.83. The molecule has 0 N–H and O–H groups in total. The first-order valence-corrected chi connectivity index (χ1v) is 5.57. The largest absolute Gasteiger partial charge is 0.493 e. The molecule has 2 rings (SSSR count). The molecule has 0 aliphatic carbocycles. The average molecular weight is 241 g/mol. The third-order valence-corrected chi connectivity index (χ3v) is 2.25. The predicted molar refractivity (Wildman–Crippen MR) is 74.9 cm³/mol. The molecule has 1 radical (unpaired) electrons. The van der Waals surface area contributed by atoms with Crippen LogP contribution in [0.25, 0.3) is 6.08 Å². The first-order chi connectivity index (χ1) is 8.81. The van der Waals surface area contributed by atoms with Gasteiger partial charge in [0.05, 0.1) is 14.2 Å². The summed E-state index contributed by atoms with van der Waals surface area (Å²) in [5, 5.41) is 0. The number of ether oxygens (including phenoxy) is 2. The molecule has 0 unspecified atom stereocenters. The van der Waals surface area contributed by atoms with Crippen molar-refractivity contribution in [2.45, 2.75) is 0 Å². The van der Waals surface area contributed by atoms with E-state index in [1.807, 2.05) is 48.5 Å². The quantitative estimate of drug-likeness (QED) is 0.813. The van der Waals surface area contributed by atoms with E-state index in [4.69, 9.17) is 9.47 Å². The molecule has 93 valence electrons. The van der Waals surface area contributed by atoms with Crippen molar-refractivity contribution in [2.75, 3.05) is 14.2 Å². The zero-order valence-corrected chi connectivity index (χ0v) is 10.7. The first kappa shape index (κ1) is 13.8. The minimum absolute atomic E-state index is 0.731. The van der Waals surface area contributed by atoms with Crippen LogP contribution in [0, 0.1) is 6.07 Å². The van der Waals surface area contributed by atoms with Gasteiger partial charge in [-0.15, -0.1) is 0 Å². The highest BCUT2D eigenvalue weighted by atomic mass is 16.5. The van der Waals surface area contributed by atoms with Gasteiger partial charge in [0.1, 0.15) is 0 Å². The second-order valence-electron chi connectivity index (χ2n) is 3.40. The highest BCUT2D eigenvalue weighted by molar-refractivity contribution is 5.54. The molecule has 2 heteroatoms. The molecule has 0 atom stereocenters. The SMILES string of the molecule is C=Cc1ccc(OC)c(OC)c1.[c]1ccccc1. The maximum absolute atomic E-state index is 5.11. The van der Waals surface area contributed by atoms with Crippen molar-refractivity contribution in [1.82, 2.24) is 0 Å². The molecule has 0 saturated carbocycles. The Hall–Kier alpha value is -2.22. The smallest absolute Gasteiger partial charge is 0.161 e. The van der Waals surface area contributed by atoms with Crippen LogP contribution in [-0.2, 0) is 0 Å². The lowest BCUT2D eigenvalue weighted by molar-refractivity contribution is 0.355. The minimum Gasteiger partial charge on any atom is -0.493 e. The average Bonchev–Trinajstić information content (AvgIpc) is 2.48. The Balaban J connectivity index is 0.000000225. The van der Waals surface area contributed by atoms with Gasteiger partial charge >= 0.3 is 0 Å². The summed E-state index contributed by atoms with van der Waals surface area (Å²) in [4.78, 5) is 0. The number of hydrogen-bond donors (Lipinski definition) is 0. The number of benzene rings is 2. The highest BCUT2D eigenvalue weighted by Gasteiger charge is 2.01. The molecule has 0 aliphatic heterocycles. The molecule has 18 heavy (non-hydrogen) atoms. The molecule has 0 fully saturated rings. The van der Waals surface area contributed by atoms with Gasteiger partial charge < -0.3 is 9.47 Å². The fourth-order valence-electron chi connectivity index (χ4n) is 1.32. The molecule has 2 aromatic rings. The summed E-state index contributed by atoms with van der Waals surface area (Å²) in [6, 6.07) is 18.2. The van der Waals surface area contributed by atoms with Gasteiger partial charge in [0.2, 0.25) is 0 Å². The topological polar surface area (TPSA) is 18.5 Å². The number of rotatable bonds is 3. The molecule has 2 aromatic carbocycles. The second-order valence-corrected chi connectivity index (χ2v) is 3.40. The maximum Gasteiger partial charge on any atom is 0.161 e. The molecular weight excluding hydrogens is 224 g/mol. The lowest BCUT2D eigenvalue weighted by atomic mass is 10.2. The first-order valence-electron chi connectivity index (χ1n) is 5.57. The van der Waals surface area contributed by atoms with E-state index in [2.05, 4.69) is 12.6 Å². The summed E-state index contributed by atoms with van der Waals surface area (Å²) in [5.41, 5.74) is 1.02. The lowest BCUT2D eigenvalue weighted by Gasteiger charge is -2.07. The Morgan fingerprint density at radius 2 is 1.67 bits per heavy atom.